The van der Waals surface area contributed by atoms with Crippen LogP contribution >= 0.6 is 0 Å². The van der Waals surface area contributed by atoms with Gasteiger partial charge in [0.1, 0.15) is 17.2 Å². The van der Waals surface area contributed by atoms with Crippen LogP contribution in [0.25, 0.3) is 0 Å². The Morgan fingerprint density at radius 1 is 0.630 bits per heavy atom. The van der Waals surface area contributed by atoms with Crippen LogP contribution in [0.1, 0.15) is 44.7 Å². The Bertz CT molecular complexity index is 1510. The fourth-order valence-electron chi connectivity index (χ4n) is 3.80. The standard InChI is InChI=1S/C35H35NO10/c1-3-32(37)43-20-5-18-41-29-12-8-26(9-13-29)34(39)45-22-17-25-7-16-31(28(23-25)24-36)46-35(40)27-10-14-30(15-11-27)42-19-6-21-44-33(38)4-2/h3-4,7-16,23-24,36H,1-2,5-6,17-22H2. The lowest BCUT2D eigenvalue weighted by atomic mass is 10.1. The highest BCUT2D eigenvalue weighted by Crippen LogP contribution is 2.22. The van der Waals surface area contributed by atoms with Gasteiger partial charge in [-0.05, 0) is 66.2 Å². The van der Waals surface area contributed by atoms with Crippen molar-refractivity contribution in [1.82, 2.24) is 0 Å². The highest BCUT2D eigenvalue weighted by Gasteiger charge is 2.13. The van der Waals surface area contributed by atoms with Gasteiger partial charge in [-0.1, -0.05) is 19.2 Å². The number of ether oxygens (including phenoxy) is 6. The van der Waals surface area contributed by atoms with Crippen molar-refractivity contribution in [3.63, 3.8) is 0 Å². The number of hydrogen-bond donors (Lipinski definition) is 1. The van der Waals surface area contributed by atoms with Gasteiger partial charge in [0.15, 0.2) is 0 Å². The number of rotatable bonds is 19. The van der Waals surface area contributed by atoms with Crippen LogP contribution < -0.4 is 14.2 Å². The summed E-state index contributed by atoms with van der Waals surface area (Å²) < 4.78 is 31.8. The van der Waals surface area contributed by atoms with E-state index in [1.54, 1.807) is 66.7 Å². The van der Waals surface area contributed by atoms with E-state index in [-0.39, 0.29) is 25.6 Å². The molecule has 3 aromatic carbocycles. The molecule has 46 heavy (non-hydrogen) atoms. The number of esters is 4. The van der Waals surface area contributed by atoms with Crippen molar-refractivity contribution >= 4 is 30.1 Å². The van der Waals surface area contributed by atoms with E-state index >= 15 is 0 Å². The van der Waals surface area contributed by atoms with Gasteiger partial charge in [-0.25, -0.2) is 19.2 Å². The largest absolute Gasteiger partial charge is 0.493 e. The van der Waals surface area contributed by atoms with Crippen molar-refractivity contribution in [3.8, 4) is 17.2 Å². The third-order valence-corrected chi connectivity index (χ3v) is 6.17. The van der Waals surface area contributed by atoms with Crippen LogP contribution in [0, 0.1) is 5.41 Å². The zero-order valence-corrected chi connectivity index (χ0v) is 25.2. The Hall–Kier alpha value is -5.71. The highest BCUT2D eigenvalue weighted by molar-refractivity contribution is 5.93. The molecule has 0 aliphatic heterocycles. The molecule has 0 atom stereocenters. The maximum Gasteiger partial charge on any atom is 0.343 e. The molecule has 3 aromatic rings. The summed E-state index contributed by atoms with van der Waals surface area (Å²) in [6.07, 6.45) is 4.67. The van der Waals surface area contributed by atoms with E-state index in [4.69, 9.17) is 33.8 Å². The number of carbonyl (C=O) groups excluding carboxylic acids is 4. The SMILES string of the molecule is C=CC(=O)OCCCOc1ccc(C(=O)OCCc2ccc(OC(=O)c3ccc(OCCCOC(=O)C=C)cc3)c(C=N)c2)cc1. The van der Waals surface area contributed by atoms with Gasteiger partial charge in [0.2, 0.25) is 0 Å². The van der Waals surface area contributed by atoms with Gasteiger partial charge in [-0.3, -0.25) is 0 Å². The molecule has 11 heteroatoms. The molecule has 0 heterocycles. The zero-order chi connectivity index (χ0) is 33.1. The van der Waals surface area contributed by atoms with E-state index in [0.717, 1.165) is 23.9 Å². The molecule has 1 N–H and O–H groups in total. The highest BCUT2D eigenvalue weighted by atomic mass is 16.5. The second-order valence-corrected chi connectivity index (χ2v) is 9.49. The Morgan fingerprint density at radius 2 is 1.15 bits per heavy atom. The van der Waals surface area contributed by atoms with Gasteiger partial charge < -0.3 is 33.8 Å². The fraction of sp³-hybridized carbons (Fsp3) is 0.229. The van der Waals surface area contributed by atoms with Crippen LogP contribution in [0.3, 0.4) is 0 Å². The van der Waals surface area contributed by atoms with E-state index in [1.807, 2.05) is 0 Å². The second kappa shape index (κ2) is 18.8. The molecule has 0 unspecified atom stereocenters. The first-order valence-electron chi connectivity index (χ1n) is 14.4. The molecule has 11 nitrogen and oxygen atoms in total. The summed E-state index contributed by atoms with van der Waals surface area (Å²) in [5.41, 5.74) is 1.84. The quantitative estimate of drug-likeness (QED) is 0.0463. The molecular formula is C35H35NO10. The molecule has 240 valence electrons. The van der Waals surface area contributed by atoms with Crippen molar-refractivity contribution in [2.24, 2.45) is 0 Å². The average molecular weight is 630 g/mol. The number of carbonyl (C=O) groups is 4. The predicted octanol–water partition coefficient (Wildman–Crippen LogP) is 5.30. The minimum Gasteiger partial charge on any atom is -0.493 e. The molecule has 0 aromatic heterocycles. The predicted molar refractivity (Wildman–Crippen MR) is 169 cm³/mol. The van der Waals surface area contributed by atoms with Crippen LogP contribution in [-0.4, -0.2) is 63.1 Å². The molecule has 0 saturated carbocycles. The molecule has 0 spiro atoms. The Kier molecular flexibility index (Phi) is 14.2. The third-order valence-electron chi connectivity index (χ3n) is 6.17. The lowest BCUT2D eigenvalue weighted by molar-refractivity contribution is -0.138. The maximum absolute atomic E-state index is 12.7. The summed E-state index contributed by atoms with van der Waals surface area (Å²) in [7, 11) is 0. The van der Waals surface area contributed by atoms with Crippen molar-refractivity contribution in [3.05, 3.63) is 114 Å². The number of hydrogen-bond acceptors (Lipinski definition) is 11. The first-order chi connectivity index (χ1) is 22.3. The minimum absolute atomic E-state index is 0.103. The van der Waals surface area contributed by atoms with Crippen molar-refractivity contribution in [2.75, 3.05) is 33.0 Å². The van der Waals surface area contributed by atoms with E-state index in [2.05, 4.69) is 13.2 Å². The molecule has 0 bridgehead atoms. The van der Waals surface area contributed by atoms with Crippen LogP contribution in [0.2, 0.25) is 0 Å². The third kappa shape index (κ3) is 11.8. The smallest absolute Gasteiger partial charge is 0.343 e. The van der Waals surface area contributed by atoms with E-state index in [0.29, 0.717) is 60.7 Å². The van der Waals surface area contributed by atoms with Gasteiger partial charge in [-0.2, -0.15) is 0 Å². The van der Waals surface area contributed by atoms with Crippen molar-refractivity contribution in [1.29, 1.82) is 5.41 Å². The Balaban J connectivity index is 1.42. The first-order valence-corrected chi connectivity index (χ1v) is 14.4. The van der Waals surface area contributed by atoms with Crippen LogP contribution in [0.4, 0.5) is 0 Å². The van der Waals surface area contributed by atoms with Gasteiger partial charge >= 0.3 is 23.9 Å². The molecule has 0 amide bonds. The number of nitrogens with one attached hydrogen (secondary N) is 1. The molecule has 0 aliphatic carbocycles. The molecular weight excluding hydrogens is 594 g/mol. The fourth-order valence-corrected chi connectivity index (χ4v) is 3.80. The summed E-state index contributed by atoms with van der Waals surface area (Å²) in [6, 6.07) is 17.9. The topological polar surface area (TPSA) is 148 Å². The second-order valence-electron chi connectivity index (χ2n) is 9.49. The lowest BCUT2D eigenvalue weighted by Crippen LogP contribution is -2.11. The normalized spacial score (nSPS) is 10.2. The minimum atomic E-state index is -0.599. The van der Waals surface area contributed by atoms with E-state index in [9.17, 15) is 19.2 Å². The maximum atomic E-state index is 12.7. The number of benzene rings is 3. The summed E-state index contributed by atoms with van der Waals surface area (Å²) in [6.45, 7) is 7.85. The van der Waals surface area contributed by atoms with Gasteiger partial charge in [0.05, 0.1) is 44.2 Å². The van der Waals surface area contributed by atoms with Crippen LogP contribution in [0.15, 0.2) is 92.0 Å². The summed E-state index contributed by atoms with van der Waals surface area (Å²) in [4.78, 5) is 47.2. The van der Waals surface area contributed by atoms with Crippen molar-refractivity contribution in [2.45, 2.75) is 19.3 Å². The lowest BCUT2D eigenvalue weighted by Gasteiger charge is -2.11. The molecule has 0 saturated heterocycles. The Labute approximate surface area is 266 Å². The molecule has 3 rings (SSSR count). The van der Waals surface area contributed by atoms with Crippen molar-refractivity contribution < 1.29 is 47.6 Å². The van der Waals surface area contributed by atoms with E-state index < -0.39 is 23.9 Å². The molecule has 0 aliphatic rings. The van der Waals surface area contributed by atoms with Crippen LogP contribution in [-0.2, 0) is 30.2 Å². The zero-order valence-electron chi connectivity index (χ0n) is 25.2. The molecule has 0 radical (unpaired) electrons. The van der Waals surface area contributed by atoms with Crippen LogP contribution in [0.5, 0.6) is 17.2 Å². The Morgan fingerprint density at radius 3 is 1.65 bits per heavy atom. The summed E-state index contributed by atoms with van der Waals surface area (Å²) in [5, 5.41) is 7.77. The summed E-state index contributed by atoms with van der Waals surface area (Å²) >= 11 is 0. The van der Waals surface area contributed by atoms with Gasteiger partial charge in [0.25, 0.3) is 0 Å². The summed E-state index contributed by atoms with van der Waals surface area (Å²) in [5.74, 6) is -0.742. The first kappa shape index (κ1) is 34.8. The molecule has 0 fully saturated rings. The monoisotopic (exact) mass is 629 g/mol. The van der Waals surface area contributed by atoms with Gasteiger partial charge in [-0.15, -0.1) is 0 Å². The average Bonchev–Trinajstić information content (AvgIpc) is 3.08. The van der Waals surface area contributed by atoms with E-state index in [1.165, 1.54) is 0 Å². The van der Waals surface area contributed by atoms with Gasteiger partial charge in [0, 0.05) is 43.2 Å².